The van der Waals surface area contributed by atoms with E-state index in [1.54, 1.807) is 18.4 Å². The smallest absolute Gasteiger partial charge is 0.319 e. The van der Waals surface area contributed by atoms with Crippen LogP contribution in [0.4, 0.5) is 10.5 Å². The summed E-state index contributed by atoms with van der Waals surface area (Å²) in [7, 11) is 0. The van der Waals surface area contributed by atoms with Gasteiger partial charge in [-0.25, -0.2) is 9.78 Å². The number of carbonyl (C=O) groups excluding carboxylic acids is 1. The molecule has 0 radical (unpaired) electrons. The Balaban J connectivity index is 1.26. The molecule has 0 aliphatic heterocycles. The number of amides is 2. The van der Waals surface area contributed by atoms with E-state index in [0.717, 1.165) is 16.8 Å². The van der Waals surface area contributed by atoms with Gasteiger partial charge in [0, 0.05) is 35.2 Å². The first-order chi connectivity index (χ1) is 15.8. The standard InChI is InChI=1S/C25H27N5O3/c1-16-5-7-18(8-6-16)22-27-20(15-32-22)13-14-26-24(31)28-19-11-9-17(10-12-19)21-29-23(33-30-21)25(2,3)4/h5-12,15H,13-14H2,1-4H3,(H2,26,28,31). The van der Waals surface area contributed by atoms with Crippen LogP contribution < -0.4 is 10.6 Å². The van der Waals surface area contributed by atoms with E-state index in [-0.39, 0.29) is 11.4 Å². The van der Waals surface area contributed by atoms with E-state index < -0.39 is 0 Å². The number of anilines is 1. The maximum atomic E-state index is 12.2. The largest absolute Gasteiger partial charge is 0.444 e. The lowest BCUT2D eigenvalue weighted by Gasteiger charge is -2.10. The van der Waals surface area contributed by atoms with E-state index in [1.165, 1.54) is 5.56 Å². The summed E-state index contributed by atoms with van der Waals surface area (Å²) in [5, 5.41) is 9.68. The van der Waals surface area contributed by atoms with Crippen LogP contribution in [0.3, 0.4) is 0 Å². The minimum atomic E-state index is -0.292. The first-order valence-corrected chi connectivity index (χ1v) is 10.8. The fraction of sp³-hybridized carbons (Fsp3) is 0.280. The number of rotatable bonds is 6. The topological polar surface area (TPSA) is 106 Å². The Morgan fingerprint density at radius 3 is 2.33 bits per heavy atom. The van der Waals surface area contributed by atoms with E-state index in [0.29, 0.717) is 36.3 Å². The van der Waals surface area contributed by atoms with Crippen molar-refractivity contribution < 1.29 is 13.7 Å². The molecule has 2 N–H and O–H groups in total. The van der Waals surface area contributed by atoms with Crippen molar-refractivity contribution in [2.24, 2.45) is 0 Å². The Morgan fingerprint density at radius 2 is 1.67 bits per heavy atom. The fourth-order valence-electron chi connectivity index (χ4n) is 3.08. The number of benzene rings is 2. The molecule has 4 rings (SSSR count). The van der Waals surface area contributed by atoms with Gasteiger partial charge < -0.3 is 19.6 Å². The van der Waals surface area contributed by atoms with Crippen LogP contribution in [0.5, 0.6) is 0 Å². The minimum Gasteiger partial charge on any atom is -0.444 e. The van der Waals surface area contributed by atoms with Gasteiger partial charge in [-0.15, -0.1) is 0 Å². The second-order valence-corrected chi connectivity index (χ2v) is 8.89. The number of carbonyl (C=O) groups is 1. The molecule has 0 unspecified atom stereocenters. The first-order valence-electron chi connectivity index (χ1n) is 10.8. The molecule has 0 spiro atoms. The van der Waals surface area contributed by atoms with Gasteiger partial charge in [-0.2, -0.15) is 4.98 Å². The molecular weight excluding hydrogens is 418 g/mol. The van der Waals surface area contributed by atoms with Crippen molar-refractivity contribution in [3.63, 3.8) is 0 Å². The van der Waals surface area contributed by atoms with E-state index in [4.69, 9.17) is 8.94 Å². The first kappa shape index (κ1) is 22.3. The molecule has 0 fully saturated rings. The monoisotopic (exact) mass is 445 g/mol. The van der Waals surface area contributed by atoms with Gasteiger partial charge in [0.2, 0.25) is 17.6 Å². The van der Waals surface area contributed by atoms with Crippen LogP contribution in [0.25, 0.3) is 22.8 Å². The Hall–Kier alpha value is -3.94. The second-order valence-electron chi connectivity index (χ2n) is 8.89. The van der Waals surface area contributed by atoms with Crippen molar-refractivity contribution in [3.8, 4) is 22.8 Å². The Kier molecular flexibility index (Phi) is 6.26. The molecule has 33 heavy (non-hydrogen) atoms. The molecule has 2 aromatic carbocycles. The average Bonchev–Trinajstić information content (AvgIpc) is 3.45. The lowest BCUT2D eigenvalue weighted by molar-refractivity contribution is 0.252. The zero-order chi connectivity index (χ0) is 23.4. The third kappa shape index (κ3) is 5.65. The SMILES string of the molecule is Cc1ccc(-c2nc(CCNC(=O)Nc3ccc(-c4noc(C(C)(C)C)n4)cc3)co2)cc1. The van der Waals surface area contributed by atoms with Gasteiger partial charge in [0.05, 0.1) is 5.69 Å². The molecule has 8 heteroatoms. The number of aromatic nitrogens is 3. The molecule has 2 amide bonds. The number of nitrogens with one attached hydrogen (secondary N) is 2. The van der Waals surface area contributed by atoms with Gasteiger partial charge in [0.25, 0.3) is 0 Å². The maximum absolute atomic E-state index is 12.2. The third-order valence-electron chi connectivity index (χ3n) is 4.99. The molecule has 0 aliphatic rings. The number of aryl methyl sites for hydroxylation is 1. The summed E-state index contributed by atoms with van der Waals surface area (Å²) in [6.07, 6.45) is 2.19. The quantitative estimate of drug-likeness (QED) is 0.414. The fourth-order valence-corrected chi connectivity index (χ4v) is 3.08. The van der Waals surface area contributed by atoms with E-state index in [2.05, 4.69) is 25.8 Å². The lowest BCUT2D eigenvalue weighted by atomic mass is 9.97. The predicted octanol–water partition coefficient (Wildman–Crippen LogP) is 5.36. The molecular formula is C25H27N5O3. The van der Waals surface area contributed by atoms with Crippen LogP contribution in [0.2, 0.25) is 0 Å². The zero-order valence-electron chi connectivity index (χ0n) is 19.2. The summed E-state index contributed by atoms with van der Waals surface area (Å²) in [6.45, 7) is 8.51. The Morgan fingerprint density at radius 1 is 0.970 bits per heavy atom. The van der Waals surface area contributed by atoms with Crippen molar-refractivity contribution >= 4 is 11.7 Å². The van der Waals surface area contributed by atoms with Gasteiger partial charge in [0.1, 0.15) is 6.26 Å². The van der Waals surface area contributed by atoms with Crippen LogP contribution in [-0.2, 0) is 11.8 Å². The molecule has 2 aromatic heterocycles. The van der Waals surface area contributed by atoms with E-state index in [1.807, 2.05) is 64.1 Å². The van der Waals surface area contributed by atoms with Crippen molar-refractivity contribution in [1.82, 2.24) is 20.4 Å². The van der Waals surface area contributed by atoms with Crippen molar-refractivity contribution in [1.29, 1.82) is 0 Å². The summed E-state index contributed by atoms with van der Waals surface area (Å²) in [4.78, 5) is 21.2. The summed E-state index contributed by atoms with van der Waals surface area (Å²) >= 11 is 0. The van der Waals surface area contributed by atoms with Crippen LogP contribution in [0, 0.1) is 6.92 Å². The molecule has 170 valence electrons. The average molecular weight is 446 g/mol. The summed E-state index contributed by atoms with van der Waals surface area (Å²) in [5.74, 6) is 1.68. The molecule has 4 aromatic rings. The minimum absolute atomic E-state index is 0.209. The van der Waals surface area contributed by atoms with Gasteiger partial charge in [-0.3, -0.25) is 0 Å². The van der Waals surface area contributed by atoms with E-state index >= 15 is 0 Å². The molecule has 0 saturated heterocycles. The number of oxazole rings is 1. The van der Waals surface area contributed by atoms with Crippen molar-refractivity contribution in [2.75, 3.05) is 11.9 Å². The van der Waals surface area contributed by atoms with Crippen molar-refractivity contribution in [2.45, 2.75) is 39.5 Å². The van der Waals surface area contributed by atoms with Crippen molar-refractivity contribution in [3.05, 3.63) is 71.9 Å². The molecule has 0 atom stereocenters. The normalized spacial score (nSPS) is 11.4. The molecule has 2 heterocycles. The van der Waals surface area contributed by atoms with Crippen LogP contribution >= 0.6 is 0 Å². The highest BCUT2D eigenvalue weighted by Gasteiger charge is 2.22. The molecule has 0 bridgehead atoms. The third-order valence-corrected chi connectivity index (χ3v) is 4.99. The maximum Gasteiger partial charge on any atom is 0.319 e. The zero-order valence-corrected chi connectivity index (χ0v) is 19.2. The molecule has 8 nitrogen and oxygen atoms in total. The summed E-state index contributed by atoms with van der Waals surface area (Å²) < 4.78 is 10.9. The Bertz CT molecular complexity index is 1220. The predicted molar refractivity (Wildman–Crippen MR) is 126 cm³/mol. The second kappa shape index (κ2) is 9.28. The molecule has 0 saturated carbocycles. The molecule has 0 aliphatic carbocycles. The van der Waals surface area contributed by atoms with Gasteiger partial charge in [0.15, 0.2) is 0 Å². The highest BCUT2D eigenvalue weighted by molar-refractivity contribution is 5.89. The highest BCUT2D eigenvalue weighted by Crippen LogP contribution is 2.24. The highest BCUT2D eigenvalue weighted by atomic mass is 16.5. The van der Waals surface area contributed by atoms with Gasteiger partial charge in [-0.05, 0) is 43.3 Å². The number of urea groups is 1. The number of nitrogens with zero attached hydrogens (tertiary/aromatic N) is 3. The summed E-state index contributed by atoms with van der Waals surface area (Å²) in [6, 6.07) is 15.0. The number of hydrogen-bond donors (Lipinski definition) is 2. The van der Waals surface area contributed by atoms with Crippen LogP contribution in [0.15, 0.2) is 63.7 Å². The van der Waals surface area contributed by atoms with Crippen LogP contribution in [0.1, 0.15) is 37.9 Å². The van der Waals surface area contributed by atoms with Gasteiger partial charge >= 0.3 is 6.03 Å². The summed E-state index contributed by atoms with van der Waals surface area (Å²) in [5.41, 5.74) is 4.16. The number of hydrogen-bond acceptors (Lipinski definition) is 6. The lowest BCUT2D eigenvalue weighted by Crippen LogP contribution is -2.30. The van der Waals surface area contributed by atoms with Crippen LogP contribution in [-0.4, -0.2) is 27.7 Å². The van der Waals surface area contributed by atoms with E-state index in [9.17, 15) is 4.79 Å². The Labute approximate surface area is 192 Å². The van der Waals surface area contributed by atoms with Gasteiger partial charge in [-0.1, -0.05) is 43.6 Å².